The number of fused-ring (bicyclic) bond motifs is 2. The van der Waals surface area contributed by atoms with Gasteiger partial charge in [-0.25, -0.2) is 9.59 Å². The van der Waals surface area contributed by atoms with E-state index >= 15 is 0 Å². The largest absolute Gasteiger partial charge is 0.458 e. The Morgan fingerprint density at radius 2 is 1.16 bits per heavy atom. The highest BCUT2D eigenvalue weighted by Crippen LogP contribution is 2.37. The molecule has 0 aliphatic heterocycles. The van der Waals surface area contributed by atoms with Crippen LogP contribution in [0, 0.1) is 0 Å². The van der Waals surface area contributed by atoms with Gasteiger partial charge in [0.2, 0.25) is 0 Å². The highest BCUT2D eigenvalue weighted by molar-refractivity contribution is 5.90. The fourth-order valence-corrected chi connectivity index (χ4v) is 4.03. The summed E-state index contributed by atoms with van der Waals surface area (Å²) in [6.45, 7) is 5.57. The van der Waals surface area contributed by atoms with Crippen molar-refractivity contribution < 1.29 is 28.5 Å². The highest BCUT2D eigenvalue weighted by Gasteiger charge is 2.29. The summed E-state index contributed by atoms with van der Waals surface area (Å²) in [5, 5.41) is 0. The molecule has 6 heteroatoms. The van der Waals surface area contributed by atoms with Gasteiger partial charge in [-0.2, -0.15) is 0 Å². The predicted molar refractivity (Wildman–Crippen MR) is 119 cm³/mol. The maximum Gasteiger partial charge on any atom is 0.338 e. The van der Waals surface area contributed by atoms with Crippen molar-refractivity contribution in [3.8, 4) is 0 Å². The van der Waals surface area contributed by atoms with E-state index in [0.717, 1.165) is 36.8 Å². The minimum absolute atomic E-state index is 0.00456. The van der Waals surface area contributed by atoms with Gasteiger partial charge in [-0.3, -0.25) is 0 Å². The molecule has 0 N–H and O–H groups in total. The van der Waals surface area contributed by atoms with E-state index in [1.165, 1.54) is 11.1 Å². The topological polar surface area (TPSA) is 71.1 Å². The van der Waals surface area contributed by atoms with Gasteiger partial charge in [0.25, 0.3) is 0 Å². The molecule has 0 amide bonds. The minimum Gasteiger partial charge on any atom is -0.458 e. The SMILES string of the molecule is CCCOC1Cc2ccc(C(=O)OCCOC(=O)c3ccc4c(c3)C(OCCC)C4)cc21. The first-order valence-corrected chi connectivity index (χ1v) is 11.4. The lowest BCUT2D eigenvalue weighted by Gasteiger charge is -2.30. The van der Waals surface area contributed by atoms with Crippen LogP contribution in [0.25, 0.3) is 0 Å². The molecule has 6 nitrogen and oxygen atoms in total. The van der Waals surface area contributed by atoms with Gasteiger partial charge in [0.1, 0.15) is 13.2 Å². The maximum atomic E-state index is 12.4. The van der Waals surface area contributed by atoms with Crippen LogP contribution in [0.4, 0.5) is 0 Å². The van der Waals surface area contributed by atoms with Crippen LogP contribution < -0.4 is 0 Å². The Hall–Kier alpha value is -2.70. The Bertz CT molecular complexity index is 903. The molecular weight excluding hydrogens is 408 g/mol. The number of ether oxygens (including phenoxy) is 4. The van der Waals surface area contributed by atoms with Gasteiger partial charge in [-0.1, -0.05) is 26.0 Å². The van der Waals surface area contributed by atoms with E-state index in [9.17, 15) is 9.59 Å². The van der Waals surface area contributed by atoms with Crippen LogP contribution in [-0.4, -0.2) is 38.4 Å². The van der Waals surface area contributed by atoms with Crippen molar-refractivity contribution in [2.24, 2.45) is 0 Å². The molecule has 170 valence electrons. The molecule has 0 fully saturated rings. The molecule has 2 aromatic rings. The third-order valence-corrected chi connectivity index (χ3v) is 5.86. The Labute approximate surface area is 188 Å². The third-order valence-electron chi connectivity index (χ3n) is 5.86. The Kier molecular flexibility index (Phi) is 7.22. The quantitative estimate of drug-likeness (QED) is 0.373. The molecule has 0 spiro atoms. The van der Waals surface area contributed by atoms with Crippen molar-refractivity contribution in [3.05, 3.63) is 69.8 Å². The number of benzene rings is 2. The zero-order valence-corrected chi connectivity index (χ0v) is 18.7. The molecule has 0 saturated carbocycles. The Morgan fingerprint density at radius 3 is 1.56 bits per heavy atom. The summed E-state index contributed by atoms with van der Waals surface area (Å²) in [4.78, 5) is 24.7. The summed E-state index contributed by atoms with van der Waals surface area (Å²) >= 11 is 0. The molecule has 2 aromatic carbocycles. The second-order valence-electron chi connectivity index (χ2n) is 8.23. The van der Waals surface area contributed by atoms with Crippen LogP contribution in [-0.2, 0) is 31.8 Å². The van der Waals surface area contributed by atoms with E-state index in [1.807, 2.05) is 24.3 Å². The highest BCUT2D eigenvalue weighted by atomic mass is 16.6. The molecule has 32 heavy (non-hydrogen) atoms. The molecule has 2 aliphatic carbocycles. The van der Waals surface area contributed by atoms with Crippen molar-refractivity contribution >= 4 is 11.9 Å². The van der Waals surface area contributed by atoms with Crippen LogP contribution in [0.5, 0.6) is 0 Å². The molecule has 0 aromatic heterocycles. The standard InChI is InChI=1S/C26H30O6/c1-3-9-29-23-15-17-5-7-19(13-21(17)23)25(27)31-11-12-32-26(28)20-8-6-18-16-24(22(18)14-20)30-10-4-2/h5-8,13-14,23-24H,3-4,9-12,15-16H2,1-2H3. The maximum absolute atomic E-state index is 12.4. The lowest BCUT2D eigenvalue weighted by Crippen LogP contribution is -2.22. The van der Waals surface area contributed by atoms with Crippen LogP contribution in [0.1, 0.15) is 81.9 Å². The predicted octanol–water partition coefficient (Wildman–Crippen LogP) is 4.75. The Balaban J connectivity index is 1.23. The van der Waals surface area contributed by atoms with Gasteiger partial charge < -0.3 is 18.9 Å². The van der Waals surface area contributed by atoms with E-state index in [0.29, 0.717) is 24.3 Å². The summed E-state index contributed by atoms with van der Waals surface area (Å²) < 4.78 is 22.1. The molecule has 4 rings (SSSR count). The van der Waals surface area contributed by atoms with Gasteiger partial charge in [-0.05, 0) is 59.4 Å². The monoisotopic (exact) mass is 438 g/mol. The second kappa shape index (κ2) is 10.3. The number of carbonyl (C=O) groups excluding carboxylic acids is 2. The smallest absolute Gasteiger partial charge is 0.338 e. The lowest BCUT2D eigenvalue weighted by atomic mass is 9.84. The van der Waals surface area contributed by atoms with Gasteiger partial charge in [0.15, 0.2) is 0 Å². The van der Waals surface area contributed by atoms with E-state index in [1.54, 1.807) is 12.1 Å². The van der Waals surface area contributed by atoms with Crippen LogP contribution in [0.15, 0.2) is 36.4 Å². The summed E-state index contributed by atoms with van der Waals surface area (Å²) in [6.07, 6.45) is 3.82. The van der Waals surface area contributed by atoms with Crippen molar-refractivity contribution in [1.29, 1.82) is 0 Å². The van der Waals surface area contributed by atoms with Crippen LogP contribution in [0.2, 0.25) is 0 Å². The van der Waals surface area contributed by atoms with E-state index in [-0.39, 0.29) is 25.4 Å². The number of esters is 2. The lowest BCUT2D eigenvalue weighted by molar-refractivity contribution is 0.0258. The zero-order chi connectivity index (χ0) is 22.5. The van der Waals surface area contributed by atoms with Gasteiger partial charge >= 0.3 is 11.9 Å². The molecule has 2 atom stereocenters. The van der Waals surface area contributed by atoms with Crippen molar-refractivity contribution in [3.63, 3.8) is 0 Å². The fraction of sp³-hybridized carbons (Fsp3) is 0.462. The van der Waals surface area contributed by atoms with E-state index < -0.39 is 11.9 Å². The second-order valence-corrected chi connectivity index (χ2v) is 8.23. The number of hydrogen-bond donors (Lipinski definition) is 0. The summed E-state index contributed by atoms with van der Waals surface area (Å²) in [5.41, 5.74) is 5.50. The van der Waals surface area contributed by atoms with Gasteiger partial charge in [-0.15, -0.1) is 0 Å². The van der Waals surface area contributed by atoms with E-state index in [2.05, 4.69) is 13.8 Å². The van der Waals surface area contributed by atoms with Gasteiger partial charge in [0.05, 0.1) is 23.3 Å². The fourth-order valence-electron chi connectivity index (χ4n) is 4.03. The number of rotatable bonds is 11. The molecule has 0 radical (unpaired) electrons. The van der Waals surface area contributed by atoms with Crippen LogP contribution >= 0.6 is 0 Å². The number of hydrogen-bond acceptors (Lipinski definition) is 6. The summed E-state index contributed by atoms with van der Waals surface area (Å²) in [6, 6.07) is 11.1. The summed E-state index contributed by atoms with van der Waals surface area (Å²) in [5.74, 6) is -0.858. The summed E-state index contributed by atoms with van der Waals surface area (Å²) in [7, 11) is 0. The average molecular weight is 439 g/mol. The molecule has 2 aliphatic rings. The van der Waals surface area contributed by atoms with Crippen molar-refractivity contribution in [1.82, 2.24) is 0 Å². The van der Waals surface area contributed by atoms with Crippen molar-refractivity contribution in [2.45, 2.75) is 51.7 Å². The Morgan fingerprint density at radius 1 is 0.719 bits per heavy atom. The first-order chi connectivity index (χ1) is 15.6. The molecular formula is C26H30O6. The normalized spacial score (nSPS) is 18.1. The molecule has 0 saturated heterocycles. The number of carbonyl (C=O) groups is 2. The average Bonchev–Trinajstić information content (AvgIpc) is 2.77. The molecule has 0 heterocycles. The first kappa shape index (κ1) is 22.5. The first-order valence-electron chi connectivity index (χ1n) is 11.4. The molecule has 2 unspecified atom stereocenters. The zero-order valence-electron chi connectivity index (χ0n) is 18.7. The van der Waals surface area contributed by atoms with Crippen LogP contribution in [0.3, 0.4) is 0 Å². The van der Waals surface area contributed by atoms with Gasteiger partial charge in [0, 0.05) is 26.1 Å². The van der Waals surface area contributed by atoms with E-state index in [4.69, 9.17) is 18.9 Å². The molecule has 0 bridgehead atoms. The minimum atomic E-state index is -0.429. The van der Waals surface area contributed by atoms with Crippen molar-refractivity contribution in [2.75, 3.05) is 26.4 Å². The third kappa shape index (κ3) is 4.87.